The maximum Gasteiger partial charge on any atom is 0.341 e. The zero-order chi connectivity index (χ0) is 19.4. The molecule has 0 saturated heterocycles. The largest absolute Gasteiger partial charge is 0.465 e. The minimum Gasteiger partial charge on any atom is -0.465 e. The standard InChI is InChI=1S/C22H21NO3S/c1-14(2)15-9-11-17(12-10-15)20(24)23-21-19(22(25)26-3)18(13-27-21)16-7-5-4-6-8-16/h4-14H,1-3H3,(H,23,24). The molecule has 0 atom stereocenters. The van der Waals surface area contributed by atoms with E-state index in [1.165, 1.54) is 24.0 Å². The number of hydrogen-bond donors (Lipinski definition) is 1. The second-order valence-corrected chi connectivity index (χ2v) is 7.32. The number of rotatable bonds is 5. The SMILES string of the molecule is COC(=O)c1c(-c2ccccc2)csc1NC(=O)c1ccc(C(C)C)cc1. The van der Waals surface area contributed by atoms with Crippen LogP contribution < -0.4 is 5.32 Å². The van der Waals surface area contributed by atoms with Crippen molar-refractivity contribution < 1.29 is 14.3 Å². The first kappa shape index (κ1) is 18.9. The molecule has 0 aliphatic carbocycles. The van der Waals surface area contributed by atoms with Gasteiger partial charge in [-0.2, -0.15) is 0 Å². The number of hydrogen-bond acceptors (Lipinski definition) is 4. The molecule has 0 radical (unpaired) electrons. The number of nitrogens with one attached hydrogen (secondary N) is 1. The zero-order valence-electron chi connectivity index (χ0n) is 15.5. The number of benzene rings is 2. The molecule has 2 aromatic carbocycles. The van der Waals surface area contributed by atoms with Gasteiger partial charge in [0.2, 0.25) is 0 Å². The molecule has 5 heteroatoms. The van der Waals surface area contributed by atoms with Crippen LogP contribution in [0.5, 0.6) is 0 Å². The van der Waals surface area contributed by atoms with E-state index in [0.717, 1.165) is 11.1 Å². The van der Waals surface area contributed by atoms with Crippen molar-refractivity contribution in [3.63, 3.8) is 0 Å². The first-order valence-electron chi connectivity index (χ1n) is 8.67. The van der Waals surface area contributed by atoms with Gasteiger partial charge in [-0.1, -0.05) is 56.3 Å². The summed E-state index contributed by atoms with van der Waals surface area (Å²) >= 11 is 1.31. The van der Waals surface area contributed by atoms with Gasteiger partial charge >= 0.3 is 5.97 Å². The number of ether oxygens (including phenoxy) is 1. The van der Waals surface area contributed by atoms with E-state index in [-0.39, 0.29) is 5.91 Å². The Labute approximate surface area is 162 Å². The van der Waals surface area contributed by atoms with Crippen LogP contribution in [0, 0.1) is 0 Å². The lowest BCUT2D eigenvalue weighted by molar-refractivity contribution is 0.0603. The fraction of sp³-hybridized carbons (Fsp3) is 0.182. The molecule has 0 aliphatic rings. The first-order chi connectivity index (χ1) is 13.0. The summed E-state index contributed by atoms with van der Waals surface area (Å²) < 4.78 is 4.94. The van der Waals surface area contributed by atoms with Crippen molar-refractivity contribution in [1.29, 1.82) is 0 Å². The molecule has 0 spiro atoms. The Morgan fingerprint density at radius 2 is 1.67 bits per heavy atom. The van der Waals surface area contributed by atoms with Crippen molar-refractivity contribution in [2.24, 2.45) is 0 Å². The average Bonchev–Trinajstić information content (AvgIpc) is 3.11. The van der Waals surface area contributed by atoms with Crippen molar-refractivity contribution in [3.05, 3.63) is 76.7 Å². The predicted octanol–water partition coefficient (Wildman–Crippen LogP) is 5.58. The maximum atomic E-state index is 12.6. The molecule has 1 heterocycles. The molecule has 0 bridgehead atoms. The minimum absolute atomic E-state index is 0.253. The van der Waals surface area contributed by atoms with E-state index in [1.54, 1.807) is 12.1 Å². The van der Waals surface area contributed by atoms with Gasteiger partial charge in [0, 0.05) is 16.5 Å². The molecule has 3 aromatic rings. The number of esters is 1. The molecule has 1 aromatic heterocycles. The second kappa shape index (κ2) is 8.18. The van der Waals surface area contributed by atoms with Gasteiger partial charge < -0.3 is 10.1 Å². The Bertz CT molecular complexity index is 943. The van der Waals surface area contributed by atoms with Gasteiger partial charge in [0.1, 0.15) is 10.6 Å². The van der Waals surface area contributed by atoms with Crippen LogP contribution in [0.25, 0.3) is 11.1 Å². The lowest BCUT2D eigenvalue weighted by atomic mass is 10.0. The van der Waals surface area contributed by atoms with Gasteiger partial charge in [0.05, 0.1) is 7.11 Å². The lowest BCUT2D eigenvalue weighted by Gasteiger charge is -2.09. The van der Waals surface area contributed by atoms with Crippen LogP contribution in [0.2, 0.25) is 0 Å². The molecule has 1 N–H and O–H groups in total. The molecule has 4 nitrogen and oxygen atoms in total. The molecule has 0 aliphatic heterocycles. The van der Waals surface area contributed by atoms with E-state index in [4.69, 9.17) is 4.74 Å². The van der Waals surface area contributed by atoms with Crippen molar-refractivity contribution in [2.75, 3.05) is 12.4 Å². The lowest BCUT2D eigenvalue weighted by Crippen LogP contribution is -2.14. The molecule has 0 saturated carbocycles. The van der Waals surface area contributed by atoms with E-state index < -0.39 is 5.97 Å². The molecule has 3 rings (SSSR count). The summed E-state index contributed by atoms with van der Waals surface area (Å²) in [5, 5.41) is 5.20. The van der Waals surface area contributed by atoms with Crippen LogP contribution in [0.15, 0.2) is 60.0 Å². The Morgan fingerprint density at radius 3 is 2.26 bits per heavy atom. The Kier molecular flexibility index (Phi) is 5.72. The zero-order valence-corrected chi connectivity index (χ0v) is 16.3. The topological polar surface area (TPSA) is 55.4 Å². The summed E-state index contributed by atoms with van der Waals surface area (Å²) in [6.45, 7) is 4.21. The van der Waals surface area contributed by atoms with Gasteiger partial charge in [-0.3, -0.25) is 4.79 Å². The smallest absolute Gasteiger partial charge is 0.341 e. The predicted molar refractivity (Wildman–Crippen MR) is 110 cm³/mol. The average molecular weight is 379 g/mol. The molecular formula is C22H21NO3S. The maximum absolute atomic E-state index is 12.6. The summed E-state index contributed by atoms with van der Waals surface area (Å²) in [7, 11) is 1.34. The van der Waals surface area contributed by atoms with Gasteiger partial charge in [-0.15, -0.1) is 11.3 Å². The Balaban J connectivity index is 1.91. The number of carbonyl (C=O) groups is 2. The highest BCUT2D eigenvalue weighted by atomic mass is 32.1. The van der Waals surface area contributed by atoms with Crippen LogP contribution in [-0.2, 0) is 4.74 Å². The molecular weight excluding hydrogens is 358 g/mol. The number of amides is 1. The van der Waals surface area contributed by atoms with E-state index in [2.05, 4.69) is 19.2 Å². The third-order valence-corrected chi connectivity index (χ3v) is 5.23. The first-order valence-corrected chi connectivity index (χ1v) is 9.55. The molecule has 27 heavy (non-hydrogen) atoms. The Hall–Kier alpha value is -2.92. The fourth-order valence-electron chi connectivity index (χ4n) is 2.78. The van der Waals surface area contributed by atoms with Gasteiger partial charge in [0.15, 0.2) is 0 Å². The minimum atomic E-state index is -0.472. The number of methoxy groups -OCH3 is 1. The highest BCUT2D eigenvalue weighted by molar-refractivity contribution is 7.15. The summed E-state index contributed by atoms with van der Waals surface area (Å²) in [6.07, 6.45) is 0. The van der Waals surface area contributed by atoms with Crippen molar-refractivity contribution >= 4 is 28.2 Å². The van der Waals surface area contributed by atoms with Crippen molar-refractivity contribution in [2.45, 2.75) is 19.8 Å². The molecule has 0 unspecified atom stereocenters. The van der Waals surface area contributed by atoms with Crippen LogP contribution in [-0.4, -0.2) is 19.0 Å². The quantitative estimate of drug-likeness (QED) is 0.589. The third kappa shape index (κ3) is 4.09. The Morgan fingerprint density at radius 1 is 1.00 bits per heavy atom. The van der Waals surface area contributed by atoms with E-state index in [0.29, 0.717) is 22.0 Å². The van der Waals surface area contributed by atoms with Gasteiger partial charge in [-0.25, -0.2) is 4.79 Å². The van der Waals surface area contributed by atoms with Gasteiger partial charge in [-0.05, 0) is 29.2 Å². The van der Waals surface area contributed by atoms with E-state index >= 15 is 0 Å². The van der Waals surface area contributed by atoms with Crippen molar-refractivity contribution in [1.82, 2.24) is 0 Å². The number of anilines is 1. The summed E-state index contributed by atoms with van der Waals surface area (Å²) in [5.74, 6) is -0.323. The fourth-order valence-corrected chi connectivity index (χ4v) is 3.73. The highest BCUT2D eigenvalue weighted by Crippen LogP contribution is 2.36. The highest BCUT2D eigenvalue weighted by Gasteiger charge is 2.22. The van der Waals surface area contributed by atoms with Crippen LogP contribution >= 0.6 is 11.3 Å². The van der Waals surface area contributed by atoms with Crippen molar-refractivity contribution in [3.8, 4) is 11.1 Å². The second-order valence-electron chi connectivity index (χ2n) is 6.44. The van der Waals surface area contributed by atoms with E-state index in [9.17, 15) is 9.59 Å². The number of carbonyl (C=O) groups excluding carboxylic acids is 2. The summed E-state index contributed by atoms with van der Waals surface area (Å²) in [6, 6.07) is 17.1. The van der Waals surface area contributed by atoms with Crippen LogP contribution in [0.4, 0.5) is 5.00 Å². The monoisotopic (exact) mass is 379 g/mol. The molecule has 1 amide bonds. The van der Waals surface area contributed by atoms with Gasteiger partial charge in [0.25, 0.3) is 5.91 Å². The number of thiophene rings is 1. The summed E-state index contributed by atoms with van der Waals surface area (Å²) in [4.78, 5) is 25.0. The summed E-state index contributed by atoms with van der Waals surface area (Å²) in [5.41, 5.74) is 3.74. The molecule has 0 fully saturated rings. The van der Waals surface area contributed by atoms with Crippen LogP contribution in [0.3, 0.4) is 0 Å². The molecule has 138 valence electrons. The van der Waals surface area contributed by atoms with E-state index in [1.807, 2.05) is 47.8 Å². The normalized spacial score (nSPS) is 10.7. The third-order valence-electron chi connectivity index (χ3n) is 4.33. The van der Waals surface area contributed by atoms with Crippen LogP contribution in [0.1, 0.15) is 46.0 Å².